The molecule has 166 valence electrons. The first-order valence-corrected chi connectivity index (χ1v) is 11.6. The Morgan fingerprint density at radius 2 is 1.85 bits per heavy atom. The number of rotatable bonds is 3. The number of fused-ring (bicyclic) bond motifs is 1. The molecule has 0 saturated carbocycles. The first-order valence-electron chi connectivity index (χ1n) is 11.6. The van der Waals surface area contributed by atoms with Gasteiger partial charge in [-0.2, -0.15) is 5.26 Å². The zero-order valence-corrected chi connectivity index (χ0v) is 18.6. The van der Waals surface area contributed by atoms with E-state index in [9.17, 15) is 10.1 Å². The molecule has 1 aromatic carbocycles. The van der Waals surface area contributed by atoms with Gasteiger partial charge in [-0.25, -0.2) is 9.97 Å². The predicted octanol–water partition coefficient (Wildman–Crippen LogP) is 3.99. The molecule has 0 spiro atoms. The summed E-state index contributed by atoms with van der Waals surface area (Å²) in [6.07, 6.45) is 8.99. The van der Waals surface area contributed by atoms with Crippen molar-refractivity contribution in [2.75, 3.05) is 24.5 Å². The number of nitriles is 1. The summed E-state index contributed by atoms with van der Waals surface area (Å²) in [5, 5.41) is 9.21. The molecule has 2 aliphatic heterocycles. The minimum absolute atomic E-state index is 0.0593. The van der Waals surface area contributed by atoms with Gasteiger partial charge >= 0.3 is 0 Å². The minimum atomic E-state index is -0.0593. The lowest BCUT2D eigenvalue weighted by molar-refractivity contribution is 0.0733. The number of benzene rings is 1. The van der Waals surface area contributed by atoms with Crippen LogP contribution >= 0.6 is 0 Å². The van der Waals surface area contributed by atoms with E-state index in [1.54, 1.807) is 36.7 Å². The number of pyridine rings is 1. The Hall–Kier alpha value is -3.79. The van der Waals surface area contributed by atoms with Gasteiger partial charge in [0.25, 0.3) is 5.91 Å². The zero-order valence-electron chi connectivity index (χ0n) is 18.6. The molecule has 0 bridgehead atoms. The minimum Gasteiger partial charge on any atom is -0.356 e. The van der Waals surface area contributed by atoms with Crippen LogP contribution in [0.15, 0.2) is 48.8 Å². The Balaban J connectivity index is 1.52. The second-order valence-corrected chi connectivity index (χ2v) is 8.61. The van der Waals surface area contributed by atoms with Crippen LogP contribution in [0, 0.1) is 11.3 Å². The number of amides is 1. The van der Waals surface area contributed by atoms with Gasteiger partial charge in [0, 0.05) is 55.1 Å². The largest absolute Gasteiger partial charge is 0.356 e. The molecule has 1 saturated heterocycles. The van der Waals surface area contributed by atoms with E-state index >= 15 is 0 Å². The fourth-order valence-electron chi connectivity index (χ4n) is 4.64. The van der Waals surface area contributed by atoms with Crippen LogP contribution < -0.4 is 4.90 Å². The number of aromatic nitrogens is 3. The maximum atomic E-state index is 13.3. The van der Waals surface area contributed by atoms with E-state index in [2.05, 4.69) is 16.0 Å². The number of carbonyl (C=O) groups excluding carboxylic acids is 1. The molecule has 0 aliphatic carbocycles. The summed E-state index contributed by atoms with van der Waals surface area (Å²) < 4.78 is 0. The second-order valence-electron chi connectivity index (χ2n) is 8.61. The van der Waals surface area contributed by atoms with Crippen molar-refractivity contribution in [3.05, 3.63) is 71.2 Å². The van der Waals surface area contributed by atoms with Gasteiger partial charge in [0.2, 0.25) is 0 Å². The van der Waals surface area contributed by atoms with Crippen LogP contribution in [-0.2, 0) is 13.0 Å². The number of anilines is 1. The highest BCUT2D eigenvalue weighted by Gasteiger charge is 2.29. The molecule has 7 nitrogen and oxygen atoms in total. The van der Waals surface area contributed by atoms with Crippen molar-refractivity contribution in [2.24, 2.45) is 0 Å². The topological polar surface area (TPSA) is 86.0 Å². The summed E-state index contributed by atoms with van der Waals surface area (Å²) in [7, 11) is 0. The lowest BCUT2D eigenvalue weighted by atomic mass is 10.0. The van der Waals surface area contributed by atoms with Crippen LogP contribution in [0.5, 0.6) is 0 Å². The quantitative estimate of drug-likeness (QED) is 0.615. The van der Waals surface area contributed by atoms with Crippen molar-refractivity contribution in [1.82, 2.24) is 19.9 Å². The fourth-order valence-corrected chi connectivity index (χ4v) is 4.64. The Morgan fingerprint density at radius 1 is 1.00 bits per heavy atom. The van der Waals surface area contributed by atoms with E-state index < -0.39 is 0 Å². The van der Waals surface area contributed by atoms with E-state index in [1.165, 1.54) is 12.8 Å². The lowest BCUT2D eigenvalue weighted by Gasteiger charge is -2.33. The van der Waals surface area contributed by atoms with E-state index in [4.69, 9.17) is 9.97 Å². The third-order valence-corrected chi connectivity index (χ3v) is 6.39. The van der Waals surface area contributed by atoms with Crippen LogP contribution in [-0.4, -0.2) is 45.4 Å². The predicted molar refractivity (Wildman–Crippen MR) is 126 cm³/mol. The molecule has 2 aliphatic rings. The maximum Gasteiger partial charge on any atom is 0.254 e. The van der Waals surface area contributed by atoms with Gasteiger partial charge in [0.15, 0.2) is 5.82 Å². The van der Waals surface area contributed by atoms with Crippen molar-refractivity contribution in [3.8, 4) is 17.5 Å². The first kappa shape index (κ1) is 21.1. The SMILES string of the molecule is N#Cc1cccc(C(=O)N2CCc3nc(-c4cccnc4)nc(N4CCCCCC4)c3C2)c1. The van der Waals surface area contributed by atoms with Gasteiger partial charge in [0.1, 0.15) is 5.82 Å². The summed E-state index contributed by atoms with van der Waals surface area (Å²) in [5.74, 6) is 1.59. The molecular weight excluding hydrogens is 412 g/mol. The third kappa shape index (κ3) is 4.42. The number of nitrogens with zero attached hydrogens (tertiary/aromatic N) is 6. The van der Waals surface area contributed by atoms with Gasteiger partial charge in [-0.15, -0.1) is 0 Å². The van der Waals surface area contributed by atoms with Crippen molar-refractivity contribution < 1.29 is 4.79 Å². The highest BCUT2D eigenvalue weighted by Crippen LogP contribution is 2.31. The second kappa shape index (κ2) is 9.37. The molecule has 7 heteroatoms. The van der Waals surface area contributed by atoms with Gasteiger partial charge < -0.3 is 9.80 Å². The van der Waals surface area contributed by atoms with Crippen molar-refractivity contribution in [1.29, 1.82) is 5.26 Å². The normalized spacial score (nSPS) is 16.0. The van der Waals surface area contributed by atoms with Crippen molar-refractivity contribution in [2.45, 2.75) is 38.6 Å². The van der Waals surface area contributed by atoms with E-state index in [0.717, 1.165) is 48.6 Å². The summed E-state index contributed by atoms with van der Waals surface area (Å²) in [6, 6.07) is 12.9. The van der Waals surface area contributed by atoms with Crippen molar-refractivity contribution in [3.63, 3.8) is 0 Å². The van der Waals surface area contributed by atoms with E-state index in [0.29, 0.717) is 36.5 Å². The molecular formula is C26H26N6O. The molecule has 2 aromatic heterocycles. The van der Waals surface area contributed by atoms with Crippen LogP contribution in [0.2, 0.25) is 0 Å². The highest BCUT2D eigenvalue weighted by molar-refractivity contribution is 5.94. The smallest absolute Gasteiger partial charge is 0.254 e. The molecule has 4 heterocycles. The molecule has 1 fully saturated rings. The fraction of sp³-hybridized carbons (Fsp3) is 0.346. The van der Waals surface area contributed by atoms with E-state index in [1.807, 2.05) is 17.0 Å². The van der Waals surface area contributed by atoms with Gasteiger partial charge in [-0.3, -0.25) is 9.78 Å². The van der Waals surface area contributed by atoms with E-state index in [-0.39, 0.29) is 5.91 Å². The number of carbonyl (C=O) groups is 1. The average molecular weight is 439 g/mol. The summed E-state index contributed by atoms with van der Waals surface area (Å²) in [6.45, 7) is 3.00. The molecule has 3 aromatic rings. The van der Waals surface area contributed by atoms with Gasteiger partial charge in [0.05, 0.1) is 23.9 Å². The van der Waals surface area contributed by atoms with Crippen LogP contribution in [0.1, 0.15) is 52.9 Å². The standard InChI is InChI=1S/C26H26N6O/c27-16-19-7-5-8-20(15-19)26(33)32-14-10-23-22(18-32)25(31-12-3-1-2-4-13-31)30-24(29-23)21-9-6-11-28-17-21/h5-9,11,15,17H,1-4,10,12-14,18H2. The maximum absolute atomic E-state index is 13.3. The van der Waals surface area contributed by atoms with Crippen molar-refractivity contribution >= 4 is 11.7 Å². The Bertz CT molecular complexity index is 1200. The lowest BCUT2D eigenvalue weighted by Crippen LogP contribution is -2.38. The van der Waals surface area contributed by atoms with Gasteiger partial charge in [-0.1, -0.05) is 18.9 Å². The Morgan fingerprint density at radius 3 is 2.61 bits per heavy atom. The van der Waals surface area contributed by atoms with Crippen LogP contribution in [0.3, 0.4) is 0 Å². The summed E-state index contributed by atoms with van der Waals surface area (Å²) >= 11 is 0. The van der Waals surface area contributed by atoms with Crippen LogP contribution in [0.4, 0.5) is 5.82 Å². The zero-order chi connectivity index (χ0) is 22.6. The monoisotopic (exact) mass is 438 g/mol. The number of hydrogen-bond acceptors (Lipinski definition) is 6. The summed E-state index contributed by atoms with van der Waals surface area (Å²) in [5.41, 5.74) is 4.00. The highest BCUT2D eigenvalue weighted by atomic mass is 16.2. The molecule has 0 radical (unpaired) electrons. The van der Waals surface area contributed by atoms with Crippen LogP contribution in [0.25, 0.3) is 11.4 Å². The Kier molecular flexibility index (Phi) is 5.99. The summed E-state index contributed by atoms with van der Waals surface area (Å²) in [4.78, 5) is 31.6. The van der Waals surface area contributed by atoms with Gasteiger partial charge in [-0.05, 0) is 43.2 Å². The third-order valence-electron chi connectivity index (χ3n) is 6.39. The molecule has 0 N–H and O–H groups in total. The molecule has 1 amide bonds. The molecule has 5 rings (SSSR count). The average Bonchev–Trinajstić information content (AvgIpc) is 3.17. The number of hydrogen-bond donors (Lipinski definition) is 0. The molecule has 0 atom stereocenters. The molecule has 33 heavy (non-hydrogen) atoms. The first-order chi connectivity index (χ1) is 16.2. The molecule has 0 unspecified atom stereocenters. The Labute approximate surface area is 193 Å².